The molecule has 2 aromatic rings. The van der Waals surface area contributed by atoms with E-state index in [1.165, 1.54) is 16.0 Å². The molecule has 0 spiro atoms. The predicted molar refractivity (Wildman–Crippen MR) is 101 cm³/mol. The molecule has 130 valence electrons. The SMILES string of the molecule is CC[C@@H](NCc1ccccc1CN1CCC(O)CC1)c1cccs1. The quantitative estimate of drug-likeness (QED) is 0.798. The highest BCUT2D eigenvalue weighted by Crippen LogP contribution is 2.23. The van der Waals surface area contributed by atoms with Crippen LogP contribution >= 0.6 is 11.3 Å². The molecule has 2 N–H and O–H groups in total. The van der Waals surface area contributed by atoms with Crippen LogP contribution in [0.3, 0.4) is 0 Å². The standard InChI is InChI=1S/C20H28N2OS/c1-2-19(20-8-5-13-24-20)21-14-16-6-3-4-7-17(16)15-22-11-9-18(23)10-12-22/h3-8,13,18-19,21,23H,2,9-12,14-15H2,1H3/t19-/m1/s1. The number of benzene rings is 1. The van der Waals surface area contributed by atoms with Gasteiger partial charge in [-0.25, -0.2) is 0 Å². The van der Waals surface area contributed by atoms with Gasteiger partial charge in [0.1, 0.15) is 0 Å². The van der Waals surface area contributed by atoms with Crippen molar-refractivity contribution in [3.8, 4) is 0 Å². The van der Waals surface area contributed by atoms with Crippen molar-refractivity contribution < 1.29 is 5.11 Å². The molecule has 0 unspecified atom stereocenters. The van der Waals surface area contributed by atoms with Gasteiger partial charge in [0.05, 0.1) is 6.10 Å². The van der Waals surface area contributed by atoms with Gasteiger partial charge in [0.25, 0.3) is 0 Å². The first kappa shape index (κ1) is 17.6. The lowest BCUT2D eigenvalue weighted by molar-refractivity contribution is 0.0791. The molecular formula is C20H28N2OS. The number of aliphatic hydroxyl groups excluding tert-OH is 1. The third-order valence-corrected chi connectivity index (χ3v) is 5.89. The smallest absolute Gasteiger partial charge is 0.0564 e. The van der Waals surface area contributed by atoms with Gasteiger partial charge >= 0.3 is 0 Å². The van der Waals surface area contributed by atoms with Crippen molar-refractivity contribution in [1.82, 2.24) is 10.2 Å². The van der Waals surface area contributed by atoms with E-state index in [2.05, 4.69) is 58.9 Å². The molecule has 1 aliphatic heterocycles. The Kier molecular flexibility index (Phi) is 6.44. The fraction of sp³-hybridized carbons (Fsp3) is 0.500. The fourth-order valence-corrected chi connectivity index (χ4v) is 4.26. The maximum Gasteiger partial charge on any atom is 0.0564 e. The van der Waals surface area contributed by atoms with Crippen molar-refractivity contribution in [3.05, 3.63) is 57.8 Å². The molecule has 0 amide bonds. The Labute approximate surface area is 149 Å². The number of hydrogen-bond donors (Lipinski definition) is 2. The van der Waals surface area contributed by atoms with Crippen LogP contribution in [0.1, 0.15) is 48.2 Å². The first-order valence-corrected chi connectivity index (χ1v) is 9.88. The molecule has 1 atom stereocenters. The van der Waals surface area contributed by atoms with E-state index in [9.17, 15) is 5.11 Å². The van der Waals surface area contributed by atoms with E-state index in [4.69, 9.17) is 0 Å². The zero-order valence-corrected chi connectivity index (χ0v) is 15.3. The maximum absolute atomic E-state index is 9.67. The summed E-state index contributed by atoms with van der Waals surface area (Å²) in [6, 6.07) is 13.5. The summed E-state index contributed by atoms with van der Waals surface area (Å²) in [6.07, 6.45) is 2.80. The van der Waals surface area contributed by atoms with E-state index in [1.807, 2.05) is 11.3 Å². The number of rotatable bonds is 7. The maximum atomic E-state index is 9.67. The molecular weight excluding hydrogens is 316 g/mol. The molecule has 1 aromatic heterocycles. The van der Waals surface area contributed by atoms with Crippen LogP contribution in [0.4, 0.5) is 0 Å². The van der Waals surface area contributed by atoms with Gasteiger partial charge in [-0.05, 0) is 41.8 Å². The van der Waals surface area contributed by atoms with E-state index in [0.29, 0.717) is 6.04 Å². The van der Waals surface area contributed by atoms with E-state index in [-0.39, 0.29) is 6.10 Å². The summed E-state index contributed by atoms with van der Waals surface area (Å²) in [7, 11) is 0. The Morgan fingerprint density at radius 2 is 1.92 bits per heavy atom. The summed E-state index contributed by atoms with van der Waals surface area (Å²) < 4.78 is 0. The highest BCUT2D eigenvalue weighted by molar-refractivity contribution is 7.10. The van der Waals surface area contributed by atoms with Gasteiger partial charge in [0.2, 0.25) is 0 Å². The minimum absolute atomic E-state index is 0.103. The van der Waals surface area contributed by atoms with Gasteiger partial charge in [0.15, 0.2) is 0 Å². The van der Waals surface area contributed by atoms with E-state index >= 15 is 0 Å². The molecule has 0 saturated carbocycles. The largest absolute Gasteiger partial charge is 0.393 e. The van der Waals surface area contributed by atoms with Crippen LogP contribution in [0, 0.1) is 0 Å². The van der Waals surface area contributed by atoms with Crippen molar-refractivity contribution >= 4 is 11.3 Å². The summed E-state index contributed by atoms with van der Waals surface area (Å²) in [5.41, 5.74) is 2.79. The van der Waals surface area contributed by atoms with Gasteiger partial charge in [-0.15, -0.1) is 11.3 Å². The van der Waals surface area contributed by atoms with Crippen molar-refractivity contribution in [2.24, 2.45) is 0 Å². The third-order valence-electron chi connectivity index (χ3n) is 4.90. The Morgan fingerprint density at radius 1 is 1.17 bits per heavy atom. The van der Waals surface area contributed by atoms with Crippen LogP contribution in [0.2, 0.25) is 0 Å². The van der Waals surface area contributed by atoms with Gasteiger partial charge in [-0.2, -0.15) is 0 Å². The molecule has 1 aromatic carbocycles. The zero-order valence-electron chi connectivity index (χ0n) is 14.4. The number of aliphatic hydroxyl groups is 1. The summed E-state index contributed by atoms with van der Waals surface area (Å²) in [4.78, 5) is 3.88. The monoisotopic (exact) mass is 344 g/mol. The lowest BCUT2D eigenvalue weighted by Crippen LogP contribution is -2.35. The zero-order chi connectivity index (χ0) is 16.8. The van der Waals surface area contributed by atoms with Gasteiger partial charge in [0, 0.05) is 37.1 Å². The van der Waals surface area contributed by atoms with Crippen LogP contribution in [0.25, 0.3) is 0 Å². The van der Waals surface area contributed by atoms with Crippen molar-refractivity contribution in [1.29, 1.82) is 0 Å². The minimum atomic E-state index is -0.103. The number of likely N-dealkylation sites (tertiary alicyclic amines) is 1. The molecule has 3 rings (SSSR count). The molecule has 2 heterocycles. The number of nitrogens with one attached hydrogen (secondary N) is 1. The first-order chi connectivity index (χ1) is 11.8. The Hall–Kier alpha value is -1.20. The van der Waals surface area contributed by atoms with Crippen molar-refractivity contribution in [3.63, 3.8) is 0 Å². The molecule has 24 heavy (non-hydrogen) atoms. The number of piperidine rings is 1. The molecule has 0 radical (unpaired) electrons. The first-order valence-electron chi connectivity index (χ1n) is 9.00. The lowest BCUT2D eigenvalue weighted by atomic mass is 10.0. The van der Waals surface area contributed by atoms with Crippen LogP contribution in [-0.2, 0) is 13.1 Å². The number of nitrogens with zero attached hydrogens (tertiary/aromatic N) is 1. The van der Waals surface area contributed by atoms with Crippen molar-refractivity contribution in [2.45, 2.75) is 51.4 Å². The van der Waals surface area contributed by atoms with Crippen LogP contribution in [0.15, 0.2) is 41.8 Å². The van der Waals surface area contributed by atoms with Crippen LogP contribution < -0.4 is 5.32 Å². The van der Waals surface area contributed by atoms with Crippen molar-refractivity contribution in [2.75, 3.05) is 13.1 Å². The fourth-order valence-electron chi connectivity index (χ4n) is 3.37. The second-order valence-corrected chi connectivity index (χ2v) is 7.61. The normalized spacial score (nSPS) is 17.9. The van der Waals surface area contributed by atoms with E-state index in [0.717, 1.165) is 45.4 Å². The highest BCUT2D eigenvalue weighted by atomic mass is 32.1. The van der Waals surface area contributed by atoms with Gasteiger partial charge in [-0.3, -0.25) is 4.90 Å². The third kappa shape index (κ3) is 4.67. The second kappa shape index (κ2) is 8.77. The van der Waals surface area contributed by atoms with E-state index in [1.54, 1.807) is 0 Å². The predicted octanol–water partition coefficient (Wildman–Crippen LogP) is 3.95. The van der Waals surface area contributed by atoms with Crippen LogP contribution in [0.5, 0.6) is 0 Å². The molecule has 1 fully saturated rings. The average Bonchev–Trinajstić information content (AvgIpc) is 3.13. The van der Waals surface area contributed by atoms with E-state index < -0.39 is 0 Å². The Balaban J connectivity index is 1.61. The van der Waals surface area contributed by atoms with Crippen LogP contribution in [-0.4, -0.2) is 29.2 Å². The minimum Gasteiger partial charge on any atom is -0.393 e. The molecule has 1 saturated heterocycles. The molecule has 3 nitrogen and oxygen atoms in total. The van der Waals surface area contributed by atoms with Gasteiger partial charge < -0.3 is 10.4 Å². The number of thiophene rings is 1. The average molecular weight is 345 g/mol. The highest BCUT2D eigenvalue weighted by Gasteiger charge is 2.18. The second-order valence-electron chi connectivity index (χ2n) is 6.63. The molecule has 1 aliphatic rings. The summed E-state index contributed by atoms with van der Waals surface area (Å²) in [5.74, 6) is 0. The Bertz CT molecular complexity index is 606. The summed E-state index contributed by atoms with van der Waals surface area (Å²) >= 11 is 1.83. The lowest BCUT2D eigenvalue weighted by Gasteiger charge is -2.30. The topological polar surface area (TPSA) is 35.5 Å². The molecule has 4 heteroatoms. The Morgan fingerprint density at radius 3 is 2.58 bits per heavy atom. The number of hydrogen-bond acceptors (Lipinski definition) is 4. The summed E-state index contributed by atoms with van der Waals surface area (Å²) in [5, 5.41) is 15.6. The van der Waals surface area contributed by atoms with Gasteiger partial charge in [-0.1, -0.05) is 37.3 Å². The molecule has 0 bridgehead atoms. The summed E-state index contributed by atoms with van der Waals surface area (Å²) in [6.45, 7) is 6.12. The molecule has 0 aliphatic carbocycles.